The van der Waals surface area contributed by atoms with Gasteiger partial charge in [0.05, 0.1) is 19.1 Å². The van der Waals surface area contributed by atoms with Gasteiger partial charge in [-0.1, -0.05) is 42.5 Å². The van der Waals surface area contributed by atoms with E-state index in [1.165, 1.54) is 4.90 Å². The molecule has 0 unspecified atom stereocenters. The molecule has 2 aliphatic heterocycles. The van der Waals surface area contributed by atoms with Crippen LogP contribution in [0.25, 0.3) is 0 Å². The molecule has 0 aromatic heterocycles. The number of benzene rings is 2. The topological polar surface area (TPSA) is 46.6 Å². The third kappa shape index (κ3) is 2.13. The monoisotopic (exact) mass is 321 g/mol. The molecule has 3 fully saturated rings. The van der Waals surface area contributed by atoms with E-state index >= 15 is 0 Å². The lowest BCUT2D eigenvalue weighted by molar-refractivity contribution is -0.169. The van der Waals surface area contributed by atoms with Crippen LogP contribution in [-0.2, 0) is 21.5 Å². The summed E-state index contributed by atoms with van der Waals surface area (Å²) < 4.78 is 5.20. The number of carbonyl (C=O) groups excluding carboxylic acids is 2. The summed E-state index contributed by atoms with van der Waals surface area (Å²) in [4.78, 5) is 27.1. The Balaban J connectivity index is 1.64. The Kier molecular flexibility index (Phi) is 3.41. The average Bonchev–Trinajstić information content (AvgIpc) is 2.58. The normalized spacial score (nSPS) is 25.4. The van der Waals surface area contributed by atoms with Crippen molar-refractivity contribution in [3.05, 3.63) is 65.7 Å². The van der Waals surface area contributed by atoms with Crippen LogP contribution in [0.4, 0.5) is 0 Å². The van der Waals surface area contributed by atoms with Gasteiger partial charge < -0.3 is 4.74 Å². The minimum Gasteiger partial charge on any atom is -0.497 e. The first-order valence-corrected chi connectivity index (χ1v) is 8.18. The van der Waals surface area contributed by atoms with Gasteiger partial charge in [0.25, 0.3) is 0 Å². The van der Waals surface area contributed by atoms with E-state index in [4.69, 9.17) is 4.74 Å². The molecule has 3 aliphatic rings. The van der Waals surface area contributed by atoms with Gasteiger partial charge in [-0.2, -0.15) is 0 Å². The van der Waals surface area contributed by atoms with E-state index in [1.807, 2.05) is 54.6 Å². The third-order valence-electron chi connectivity index (χ3n) is 5.29. The van der Waals surface area contributed by atoms with E-state index in [1.54, 1.807) is 7.11 Å². The molecule has 0 N–H and O–H groups in total. The smallest absolute Gasteiger partial charge is 0.240 e. The van der Waals surface area contributed by atoms with Crippen molar-refractivity contribution in [3.63, 3.8) is 0 Å². The fraction of sp³-hybridized carbons (Fsp3) is 0.300. The molecule has 24 heavy (non-hydrogen) atoms. The minimum absolute atomic E-state index is 0.0285. The number of amides is 2. The van der Waals surface area contributed by atoms with Crippen molar-refractivity contribution < 1.29 is 14.3 Å². The van der Waals surface area contributed by atoms with Gasteiger partial charge in [0.15, 0.2) is 0 Å². The lowest BCUT2D eigenvalue weighted by Gasteiger charge is -2.53. The summed E-state index contributed by atoms with van der Waals surface area (Å²) in [5.74, 6) is 0.642. The standard InChI is InChI=1S/C20H19NO3/c1-24-17-9-7-16(8-10-17)20-11-15(12-20)18(22)21(19(20)23)13-14-5-3-2-4-6-14/h2-10,15H,11-13H2,1H3. The van der Waals surface area contributed by atoms with Crippen molar-refractivity contribution in [1.29, 1.82) is 0 Å². The molecule has 5 rings (SSSR count). The lowest BCUT2D eigenvalue weighted by Crippen LogP contribution is -2.65. The molecule has 2 heterocycles. The van der Waals surface area contributed by atoms with Crippen molar-refractivity contribution in [3.8, 4) is 5.75 Å². The molecule has 2 aromatic carbocycles. The molecule has 2 amide bonds. The second kappa shape index (κ2) is 5.48. The zero-order valence-corrected chi connectivity index (χ0v) is 13.6. The third-order valence-corrected chi connectivity index (χ3v) is 5.29. The SMILES string of the molecule is COc1ccc(C23CC(C2)C(=O)N(Cc2ccccc2)C3=O)cc1. The fourth-order valence-electron chi connectivity index (χ4n) is 3.89. The lowest BCUT2D eigenvalue weighted by atomic mass is 9.55. The van der Waals surface area contributed by atoms with Gasteiger partial charge >= 0.3 is 0 Å². The number of nitrogens with zero attached hydrogens (tertiary/aromatic N) is 1. The summed E-state index contributed by atoms with van der Waals surface area (Å²) in [6, 6.07) is 17.3. The van der Waals surface area contributed by atoms with Crippen LogP contribution in [0.15, 0.2) is 54.6 Å². The minimum atomic E-state index is -0.542. The van der Waals surface area contributed by atoms with Crippen LogP contribution < -0.4 is 4.74 Å². The number of fused-ring (bicyclic) bond motifs is 2. The fourth-order valence-corrected chi connectivity index (χ4v) is 3.89. The van der Waals surface area contributed by atoms with Gasteiger partial charge in [0, 0.05) is 5.92 Å². The van der Waals surface area contributed by atoms with Gasteiger partial charge in [-0.15, -0.1) is 0 Å². The molecule has 2 bridgehead atoms. The van der Waals surface area contributed by atoms with Crippen molar-refractivity contribution >= 4 is 11.8 Å². The first-order chi connectivity index (χ1) is 11.6. The van der Waals surface area contributed by atoms with Crippen LogP contribution in [0.1, 0.15) is 24.0 Å². The van der Waals surface area contributed by atoms with Crippen molar-refractivity contribution in [2.24, 2.45) is 5.92 Å². The van der Waals surface area contributed by atoms with Gasteiger partial charge in [-0.25, -0.2) is 0 Å². The summed E-state index contributed by atoms with van der Waals surface area (Å²) >= 11 is 0. The maximum absolute atomic E-state index is 13.1. The molecule has 1 aliphatic carbocycles. The van der Waals surface area contributed by atoms with Gasteiger partial charge in [0.1, 0.15) is 5.75 Å². The number of rotatable bonds is 4. The Morgan fingerprint density at radius 1 is 1.04 bits per heavy atom. The van der Waals surface area contributed by atoms with E-state index in [9.17, 15) is 9.59 Å². The molecule has 2 aromatic rings. The summed E-state index contributed by atoms with van der Waals surface area (Å²) in [6.45, 7) is 0.354. The number of carbonyl (C=O) groups is 2. The molecule has 0 atom stereocenters. The van der Waals surface area contributed by atoms with Crippen molar-refractivity contribution in [2.75, 3.05) is 7.11 Å². The molecular formula is C20H19NO3. The van der Waals surface area contributed by atoms with E-state index in [2.05, 4.69) is 0 Å². The van der Waals surface area contributed by atoms with E-state index in [0.717, 1.165) is 16.9 Å². The number of piperidine rings is 2. The van der Waals surface area contributed by atoms with Crippen molar-refractivity contribution in [1.82, 2.24) is 4.90 Å². The molecule has 0 spiro atoms. The maximum atomic E-state index is 13.1. The van der Waals surface area contributed by atoms with Crippen LogP contribution in [0.3, 0.4) is 0 Å². The van der Waals surface area contributed by atoms with Crippen LogP contribution >= 0.6 is 0 Å². The Labute approximate surface area is 141 Å². The first-order valence-electron chi connectivity index (χ1n) is 8.18. The highest BCUT2D eigenvalue weighted by Crippen LogP contribution is 2.53. The number of hydrogen-bond donors (Lipinski definition) is 0. The van der Waals surface area contributed by atoms with Gasteiger partial charge in [-0.05, 0) is 36.1 Å². The molecule has 2 saturated heterocycles. The molecule has 122 valence electrons. The zero-order chi connectivity index (χ0) is 16.7. The summed E-state index contributed by atoms with van der Waals surface area (Å²) in [7, 11) is 1.62. The number of hydrogen-bond acceptors (Lipinski definition) is 3. The molecule has 1 saturated carbocycles. The van der Waals surface area contributed by atoms with Gasteiger partial charge in [0.2, 0.25) is 11.8 Å². The summed E-state index contributed by atoms with van der Waals surface area (Å²) in [5.41, 5.74) is 1.42. The Morgan fingerprint density at radius 2 is 1.71 bits per heavy atom. The average molecular weight is 321 g/mol. The molecule has 4 heteroatoms. The van der Waals surface area contributed by atoms with E-state index < -0.39 is 5.41 Å². The van der Waals surface area contributed by atoms with Crippen LogP contribution in [0, 0.1) is 5.92 Å². The van der Waals surface area contributed by atoms with Crippen LogP contribution in [0.2, 0.25) is 0 Å². The predicted molar refractivity (Wildman–Crippen MR) is 89.4 cm³/mol. The second-order valence-electron chi connectivity index (χ2n) is 6.63. The van der Waals surface area contributed by atoms with Crippen molar-refractivity contribution in [2.45, 2.75) is 24.8 Å². The highest BCUT2D eigenvalue weighted by Gasteiger charge is 2.61. The molecule has 0 radical (unpaired) electrons. The summed E-state index contributed by atoms with van der Waals surface area (Å²) in [6.07, 6.45) is 1.25. The maximum Gasteiger partial charge on any atom is 0.240 e. The Hall–Kier alpha value is -2.62. The molecule has 4 nitrogen and oxygen atoms in total. The van der Waals surface area contributed by atoms with Crippen LogP contribution in [-0.4, -0.2) is 23.8 Å². The molecular weight excluding hydrogens is 302 g/mol. The number of ether oxygens (including phenoxy) is 1. The Morgan fingerprint density at radius 3 is 2.33 bits per heavy atom. The largest absolute Gasteiger partial charge is 0.497 e. The summed E-state index contributed by atoms with van der Waals surface area (Å²) in [5, 5.41) is 0. The first kappa shape index (κ1) is 14.9. The quantitative estimate of drug-likeness (QED) is 0.814. The van der Waals surface area contributed by atoms with Gasteiger partial charge in [-0.3, -0.25) is 14.5 Å². The highest BCUT2D eigenvalue weighted by molar-refractivity contribution is 6.07. The number of methoxy groups -OCH3 is 1. The van der Waals surface area contributed by atoms with E-state index in [-0.39, 0.29) is 17.7 Å². The Bertz CT molecular complexity index is 776. The second-order valence-corrected chi connectivity index (χ2v) is 6.63. The highest BCUT2D eigenvalue weighted by atomic mass is 16.5. The number of imide groups is 1. The predicted octanol–water partition coefficient (Wildman–Crippen LogP) is 2.91. The van der Waals surface area contributed by atoms with E-state index in [0.29, 0.717) is 19.4 Å². The zero-order valence-electron chi connectivity index (χ0n) is 13.6. The van der Waals surface area contributed by atoms with Crippen LogP contribution in [0.5, 0.6) is 5.75 Å².